The maximum absolute atomic E-state index is 13.5. The molecule has 4 rings (SSSR count). The zero-order valence-corrected chi connectivity index (χ0v) is 20.6. The standard InChI is InChI=1S/C24H23BrN4O3S/c1-24(2)11-19-22(20(30)12-24)21(14-4-3-5-15(25)10-14)18(13-26)23(27)29(19)16-6-8-17(9-7-16)33(28,31)32/h3-10,21H,11-12,27H2,1-2H3,(H2,28,31,32). The number of anilines is 1. The van der Waals surface area contributed by atoms with Crippen LogP contribution in [0.1, 0.15) is 38.2 Å². The summed E-state index contributed by atoms with van der Waals surface area (Å²) < 4.78 is 24.2. The number of hydrogen-bond acceptors (Lipinski definition) is 6. The van der Waals surface area contributed by atoms with Crippen molar-refractivity contribution >= 4 is 37.4 Å². The molecule has 0 bridgehead atoms. The maximum atomic E-state index is 13.5. The number of ketones is 1. The van der Waals surface area contributed by atoms with Crippen LogP contribution >= 0.6 is 15.9 Å². The lowest BCUT2D eigenvalue weighted by atomic mass is 9.68. The first kappa shape index (κ1) is 23.2. The van der Waals surface area contributed by atoms with Crippen molar-refractivity contribution in [3.63, 3.8) is 0 Å². The van der Waals surface area contributed by atoms with Crippen molar-refractivity contribution in [2.24, 2.45) is 16.3 Å². The maximum Gasteiger partial charge on any atom is 0.238 e. The van der Waals surface area contributed by atoms with Gasteiger partial charge in [-0.05, 0) is 53.8 Å². The molecule has 1 unspecified atom stereocenters. The Morgan fingerprint density at radius 1 is 1.15 bits per heavy atom. The number of Topliss-reactive ketones (excluding diaryl/α,β-unsaturated/α-hetero) is 1. The predicted octanol–water partition coefficient (Wildman–Crippen LogP) is 4.04. The summed E-state index contributed by atoms with van der Waals surface area (Å²) in [6, 6.07) is 15.7. The highest BCUT2D eigenvalue weighted by Gasteiger charge is 2.44. The van der Waals surface area contributed by atoms with E-state index in [2.05, 4.69) is 22.0 Å². The minimum Gasteiger partial charge on any atom is -0.384 e. The van der Waals surface area contributed by atoms with Crippen LogP contribution in [0.3, 0.4) is 0 Å². The SMILES string of the molecule is CC1(C)CC(=O)C2=C(C1)N(c1ccc(S(N)(=O)=O)cc1)C(N)=C(C#N)C2c1cccc(Br)c1. The van der Waals surface area contributed by atoms with E-state index in [1.807, 2.05) is 38.1 Å². The summed E-state index contributed by atoms with van der Waals surface area (Å²) in [6.45, 7) is 4.04. The van der Waals surface area contributed by atoms with E-state index >= 15 is 0 Å². The van der Waals surface area contributed by atoms with Gasteiger partial charge >= 0.3 is 0 Å². The van der Waals surface area contributed by atoms with Crippen LogP contribution in [0, 0.1) is 16.7 Å². The average Bonchev–Trinajstić information content (AvgIpc) is 2.71. The van der Waals surface area contributed by atoms with Gasteiger partial charge in [-0.3, -0.25) is 9.69 Å². The first-order valence-corrected chi connectivity index (χ1v) is 12.6. The Morgan fingerprint density at radius 3 is 2.39 bits per heavy atom. The minimum absolute atomic E-state index is 0.0300. The average molecular weight is 527 g/mol. The molecule has 1 heterocycles. The second-order valence-corrected chi connectivity index (χ2v) is 11.6. The van der Waals surface area contributed by atoms with E-state index < -0.39 is 15.9 Å². The number of carbonyl (C=O) groups excluding carboxylic acids is 1. The molecule has 0 aromatic heterocycles. The third-order valence-electron chi connectivity index (χ3n) is 5.99. The van der Waals surface area contributed by atoms with Gasteiger partial charge in [0.2, 0.25) is 10.0 Å². The van der Waals surface area contributed by atoms with Gasteiger partial charge < -0.3 is 5.73 Å². The van der Waals surface area contributed by atoms with Crippen molar-refractivity contribution in [3.05, 3.63) is 81.2 Å². The number of nitrogens with zero attached hydrogens (tertiary/aromatic N) is 2. The lowest BCUT2D eigenvalue weighted by Crippen LogP contribution is -2.42. The Hall–Kier alpha value is -2.93. The molecule has 0 fully saturated rings. The van der Waals surface area contributed by atoms with E-state index in [9.17, 15) is 18.5 Å². The molecule has 1 aliphatic heterocycles. The van der Waals surface area contributed by atoms with Gasteiger partial charge in [0.25, 0.3) is 0 Å². The highest BCUT2D eigenvalue weighted by Crippen LogP contribution is 2.50. The number of nitrogens with two attached hydrogens (primary N) is 2. The van der Waals surface area contributed by atoms with Gasteiger partial charge in [0.15, 0.2) is 5.78 Å². The molecule has 1 atom stereocenters. The molecule has 2 aliphatic rings. The van der Waals surface area contributed by atoms with Crippen molar-refractivity contribution in [1.82, 2.24) is 0 Å². The van der Waals surface area contributed by atoms with Gasteiger partial charge in [0.1, 0.15) is 5.82 Å². The van der Waals surface area contributed by atoms with Crippen LogP contribution in [0.25, 0.3) is 0 Å². The van der Waals surface area contributed by atoms with E-state index in [1.165, 1.54) is 12.1 Å². The third-order valence-corrected chi connectivity index (χ3v) is 7.41. The number of halogens is 1. The van der Waals surface area contributed by atoms with Crippen molar-refractivity contribution in [2.75, 3.05) is 4.90 Å². The van der Waals surface area contributed by atoms with Crippen LogP contribution in [0.2, 0.25) is 0 Å². The molecule has 170 valence electrons. The predicted molar refractivity (Wildman–Crippen MR) is 129 cm³/mol. The number of rotatable bonds is 3. The van der Waals surface area contributed by atoms with Gasteiger partial charge in [-0.15, -0.1) is 0 Å². The Kier molecular flexibility index (Phi) is 5.73. The van der Waals surface area contributed by atoms with Crippen LogP contribution in [0.15, 0.2) is 80.6 Å². The fourth-order valence-electron chi connectivity index (χ4n) is 4.61. The summed E-state index contributed by atoms with van der Waals surface area (Å²) in [6.07, 6.45) is 0.919. The summed E-state index contributed by atoms with van der Waals surface area (Å²) >= 11 is 3.48. The van der Waals surface area contributed by atoms with Crippen LogP contribution < -0.4 is 15.8 Å². The quantitative estimate of drug-likeness (QED) is 0.620. The van der Waals surface area contributed by atoms with Gasteiger partial charge in [-0.1, -0.05) is 41.9 Å². The molecule has 7 nitrogen and oxygen atoms in total. The Labute approximate surface area is 201 Å². The van der Waals surface area contributed by atoms with Crippen molar-refractivity contribution in [2.45, 2.75) is 37.5 Å². The summed E-state index contributed by atoms with van der Waals surface area (Å²) in [4.78, 5) is 15.1. The van der Waals surface area contributed by atoms with Crippen LogP contribution in [-0.2, 0) is 14.8 Å². The Bertz CT molecular complexity index is 1370. The first-order valence-electron chi connectivity index (χ1n) is 10.3. The first-order chi connectivity index (χ1) is 15.4. The number of carbonyl (C=O) groups is 1. The fraction of sp³-hybridized carbons (Fsp3) is 0.250. The largest absolute Gasteiger partial charge is 0.384 e. The zero-order valence-electron chi connectivity index (χ0n) is 18.2. The summed E-state index contributed by atoms with van der Waals surface area (Å²) in [5.41, 5.74) is 9.17. The highest BCUT2D eigenvalue weighted by atomic mass is 79.9. The molecule has 0 saturated carbocycles. The van der Waals surface area contributed by atoms with Gasteiger partial charge in [0.05, 0.1) is 22.5 Å². The van der Waals surface area contributed by atoms with E-state index in [0.29, 0.717) is 24.1 Å². The molecular formula is C24H23BrN4O3S. The number of nitriles is 1. The van der Waals surface area contributed by atoms with Crippen molar-refractivity contribution < 1.29 is 13.2 Å². The number of allylic oxidation sites excluding steroid dienone is 3. The molecule has 0 saturated heterocycles. The zero-order chi connectivity index (χ0) is 24.1. The van der Waals surface area contributed by atoms with Crippen molar-refractivity contribution in [3.8, 4) is 6.07 Å². The Morgan fingerprint density at radius 2 is 1.82 bits per heavy atom. The van der Waals surface area contributed by atoms with Crippen LogP contribution in [-0.4, -0.2) is 14.2 Å². The molecular weight excluding hydrogens is 504 g/mol. The lowest BCUT2D eigenvalue weighted by Gasteiger charge is -2.43. The monoisotopic (exact) mass is 526 g/mol. The van der Waals surface area contributed by atoms with E-state index in [4.69, 9.17) is 10.9 Å². The summed E-state index contributed by atoms with van der Waals surface area (Å²) in [7, 11) is -3.86. The van der Waals surface area contributed by atoms with Crippen molar-refractivity contribution in [1.29, 1.82) is 5.26 Å². The molecule has 33 heavy (non-hydrogen) atoms. The number of primary sulfonamides is 1. The molecule has 0 spiro atoms. The minimum atomic E-state index is -3.86. The molecule has 4 N–H and O–H groups in total. The highest BCUT2D eigenvalue weighted by molar-refractivity contribution is 9.10. The van der Waals surface area contributed by atoms with E-state index in [1.54, 1.807) is 17.0 Å². The summed E-state index contributed by atoms with van der Waals surface area (Å²) in [5, 5.41) is 15.3. The number of benzene rings is 2. The molecule has 2 aromatic carbocycles. The Balaban J connectivity index is 1.97. The van der Waals surface area contributed by atoms with E-state index in [-0.39, 0.29) is 27.5 Å². The molecule has 9 heteroatoms. The normalized spacial score (nSPS) is 20.5. The fourth-order valence-corrected chi connectivity index (χ4v) is 5.54. The van der Waals surface area contributed by atoms with Gasteiger partial charge in [0, 0.05) is 27.9 Å². The number of hydrogen-bond donors (Lipinski definition) is 2. The molecule has 1 aliphatic carbocycles. The smallest absolute Gasteiger partial charge is 0.238 e. The van der Waals surface area contributed by atoms with Crippen LogP contribution in [0.5, 0.6) is 0 Å². The third kappa shape index (κ3) is 4.22. The summed E-state index contributed by atoms with van der Waals surface area (Å²) in [5.74, 6) is -0.390. The van der Waals surface area contributed by atoms with Gasteiger partial charge in [-0.2, -0.15) is 5.26 Å². The van der Waals surface area contributed by atoms with Crippen LogP contribution in [0.4, 0.5) is 5.69 Å². The van der Waals surface area contributed by atoms with Gasteiger partial charge in [-0.25, -0.2) is 13.6 Å². The second kappa shape index (κ2) is 8.13. The number of sulfonamides is 1. The molecule has 0 radical (unpaired) electrons. The molecule has 0 amide bonds. The topological polar surface area (TPSA) is 130 Å². The second-order valence-electron chi connectivity index (χ2n) is 9.07. The molecule has 2 aromatic rings. The lowest BCUT2D eigenvalue weighted by molar-refractivity contribution is -0.118. The van der Waals surface area contributed by atoms with E-state index in [0.717, 1.165) is 15.7 Å².